The van der Waals surface area contributed by atoms with E-state index in [9.17, 15) is 0 Å². The van der Waals surface area contributed by atoms with Crippen molar-refractivity contribution in [3.05, 3.63) is 70.9 Å². The third kappa shape index (κ3) is 3.25. The Labute approximate surface area is 155 Å². The lowest BCUT2D eigenvalue weighted by molar-refractivity contribution is 0.560. The molecule has 4 nitrogen and oxygen atoms in total. The van der Waals surface area contributed by atoms with Gasteiger partial charge in [-0.1, -0.05) is 53.3 Å². The molecule has 0 saturated carbocycles. The third-order valence-corrected chi connectivity index (χ3v) is 5.13. The highest BCUT2D eigenvalue weighted by Crippen LogP contribution is 2.33. The topological polar surface area (TPSA) is 31.7 Å². The van der Waals surface area contributed by atoms with Crippen LogP contribution in [0.1, 0.15) is 5.56 Å². The number of anilines is 1. The highest BCUT2D eigenvalue weighted by atomic mass is 35.5. The van der Waals surface area contributed by atoms with E-state index in [0.29, 0.717) is 6.54 Å². The molecule has 0 amide bonds. The second kappa shape index (κ2) is 6.50. The van der Waals surface area contributed by atoms with Gasteiger partial charge in [-0.05, 0) is 18.2 Å². The molecule has 0 fully saturated rings. The number of halogens is 1. The summed E-state index contributed by atoms with van der Waals surface area (Å²) in [6.07, 6.45) is 2.12. The van der Waals surface area contributed by atoms with Gasteiger partial charge in [0.05, 0.1) is 22.5 Å². The lowest BCUT2D eigenvalue weighted by Crippen LogP contribution is -2.14. The minimum absolute atomic E-state index is 0.704. The summed E-state index contributed by atoms with van der Waals surface area (Å²) in [7, 11) is 4.05. The van der Waals surface area contributed by atoms with Crippen LogP contribution in [-0.4, -0.2) is 36.2 Å². The highest BCUT2D eigenvalue weighted by molar-refractivity contribution is 7.22. The van der Waals surface area contributed by atoms with Gasteiger partial charge < -0.3 is 4.90 Å². The summed E-state index contributed by atoms with van der Waals surface area (Å²) in [5.74, 6) is 0. The summed E-state index contributed by atoms with van der Waals surface area (Å²) in [5, 5.41) is 8.43. The maximum Gasteiger partial charge on any atom is 0.207 e. The summed E-state index contributed by atoms with van der Waals surface area (Å²) in [6, 6.07) is 16.0. The largest absolute Gasteiger partial charge is 0.383 e. The average molecular weight is 369 g/mol. The Balaban J connectivity index is 1.76. The van der Waals surface area contributed by atoms with Crippen LogP contribution < -0.4 is 5.01 Å². The first-order valence-electron chi connectivity index (χ1n) is 7.95. The first kappa shape index (κ1) is 16.1. The van der Waals surface area contributed by atoms with E-state index in [1.165, 1.54) is 5.57 Å². The first-order valence-corrected chi connectivity index (χ1v) is 9.15. The van der Waals surface area contributed by atoms with E-state index in [1.54, 1.807) is 11.3 Å². The van der Waals surface area contributed by atoms with Crippen molar-refractivity contribution in [3.63, 3.8) is 0 Å². The van der Waals surface area contributed by atoms with Crippen molar-refractivity contribution in [2.24, 2.45) is 5.10 Å². The fourth-order valence-electron chi connectivity index (χ4n) is 2.82. The van der Waals surface area contributed by atoms with Crippen molar-refractivity contribution >= 4 is 44.0 Å². The average Bonchev–Trinajstić information content (AvgIpc) is 3.18. The van der Waals surface area contributed by atoms with Gasteiger partial charge in [-0.25, -0.2) is 9.99 Å². The van der Waals surface area contributed by atoms with Crippen molar-refractivity contribution in [2.75, 3.05) is 25.6 Å². The van der Waals surface area contributed by atoms with E-state index >= 15 is 0 Å². The van der Waals surface area contributed by atoms with Crippen molar-refractivity contribution in [1.29, 1.82) is 0 Å². The lowest BCUT2D eigenvalue weighted by Gasteiger charge is -2.10. The van der Waals surface area contributed by atoms with Crippen LogP contribution in [0, 0.1) is 0 Å². The molecule has 0 bridgehead atoms. The molecular formula is C19H17ClN4S. The van der Waals surface area contributed by atoms with Gasteiger partial charge in [0.15, 0.2) is 0 Å². The van der Waals surface area contributed by atoms with Crippen LogP contribution in [-0.2, 0) is 0 Å². The molecule has 0 atom stereocenters. The van der Waals surface area contributed by atoms with Crippen LogP contribution in [0.5, 0.6) is 0 Å². The van der Waals surface area contributed by atoms with Crippen LogP contribution in [0.2, 0.25) is 5.02 Å². The molecule has 126 valence electrons. The molecule has 0 spiro atoms. The summed E-state index contributed by atoms with van der Waals surface area (Å²) >= 11 is 7.70. The molecule has 1 aliphatic heterocycles. The van der Waals surface area contributed by atoms with Crippen molar-refractivity contribution in [1.82, 2.24) is 9.88 Å². The summed E-state index contributed by atoms with van der Waals surface area (Å²) in [6.45, 7) is 0.704. The Morgan fingerprint density at radius 2 is 1.96 bits per heavy atom. The van der Waals surface area contributed by atoms with Crippen LogP contribution in [0.3, 0.4) is 0 Å². The molecule has 1 aliphatic rings. The van der Waals surface area contributed by atoms with E-state index in [0.717, 1.165) is 31.6 Å². The van der Waals surface area contributed by atoms with Gasteiger partial charge in [0.2, 0.25) is 5.13 Å². The molecule has 3 aromatic rings. The minimum atomic E-state index is 0.704. The molecule has 6 heteroatoms. The molecule has 2 aromatic carbocycles. The van der Waals surface area contributed by atoms with Crippen molar-refractivity contribution < 1.29 is 0 Å². The molecule has 25 heavy (non-hydrogen) atoms. The van der Waals surface area contributed by atoms with Crippen molar-refractivity contribution in [3.8, 4) is 0 Å². The standard InChI is InChI=1S/C19H17ClN4S/c1-23(2)11-14-12-24(22-18(14)13-6-4-3-5-7-13)19-21-16-9-8-15(20)10-17(16)25-19/h3-11H,12H2,1-2H3. The fourth-order valence-corrected chi connectivity index (χ4v) is 4.01. The van der Waals surface area contributed by atoms with Gasteiger partial charge in [0.25, 0.3) is 0 Å². The second-order valence-electron chi connectivity index (χ2n) is 6.10. The monoisotopic (exact) mass is 368 g/mol. The van der Waals surface area contributed by atoms with Gasteiger partial charge in [-0.3, -0.25) is 0 Å². The van der Waals surface area contributed by atoms with E-state index < -0.39 is 0 Å². The summed E-state index contributed by atoms with van der Waals surface area (Å²) in [5.41, 5.74) is 4.23. The number of hydrogen-bond acceptors (Lipinski definition) is 5. The van der Waals surface area contributed by atoms with E-state index in [2.05, 4.69) is 23.2 Å². The van der Waals surface area contributed by atoms with Gasteiger partial charge >= 0.3 is 0 Å². The number of fused-ring (bicyclic) bond motifs is 1. The first-order chi connectivity index (χ1) is 12.1. The maximum absolute atomic E-state index is 6.09. The number of rotatable bonds is 3. The fraction of sp³-hybridized carbons (Fsp3) is 0.158. The van der Waals surface area contributed by atoms with Gasteiger partial charge in [0, 0.05) is 36.5 Å². The molecule has 0 N–H and O–H groups in total. The van der Waals surface area contributed by atoms with Crippen LogP contribution in [0.4, 0.5) is 5.13 Å². The van der Waals surface area contributed by atoms with Crippen LogP contribution in [0.15, 0.2) is 65.4 Å². The number of thiazole rings is 1. The van der Waals surface area contributed by atoms with Crippen molar-refractivity contribution in [2.45, 2.75) is 0 Å². The zero-order chi connectivity index (χ0) is 17.4. The quantitative estimate of drug-likeness (QED) is 0.676. The third-order valence-electron chi connectivity index (χ3n) is 3.87. The lowest BCUT2D eigenvalue weighted by atomic mass is 10.0. The second-order valence-corrected chi connectivity index (χ2v) is 7.54. The molecule has 0 aliphatic carbocycles. The normalized spacial score (nSPS) is 15.9. The Hall–Kier alpha value is -2.37. The van der Waals surface area contributed by atoms with Gasteiger partial charge in [-0.15, -0.1) is 0 Å². The molecule has 0 unspecified atom stereocenters. The SMILES string of the molecule is CN(C)C=C1CN(c2nc3ccc(Cl)cc3s2)N=C1c1ccccc1. The van der Waals surface area contributed by atoms with Crippen LogP contribution in [0.25, 0.3) is 10.2 Å². The predicted octanol–water partition coefficient (Wildman–Crippen LogP) is 4.62. The van der Waals surface area contributed by atoms with E-state index in [1.807, 2.05) is 55.5 Å². The molecule has 4 rings (SSSR count). The molecule has 2 heterocycles. The smallest absolute Gasteiger partial charge is 0.207 e. The Kier molecular flexibility index (Phi) is 4.19. The number of hydrazone groups is 1. The number of hydrogen-bond donors (Lipinski definition) is 0. The maximum atomic E-state index is 6.09. The van der Waals surface area contributed by atoms with Gasteiger partial charge in [0.1, 0.15) is 0 Å². The zero-order valence-electron chi connectivity index (χ0n) is 14.0. The Morgan fingerprint density at radius 1 is 1.16 bits per heavy atom. The Bertz CT molecular complexity index is 976. The predicted molar refractivity (Wildman–Crippen MR) is 107 cm³/mol. The molecule has 0 radical (unpaired) electrons. The number of nitrogens with zero attached hydrogens (tertiary/aromatic N) is 4. The minimum Gasteiger partial charge on any atom is -0.383 e. The zero-order valence-corrected chi connectivity index (χ0v) is 15.6. The Morgan fingerprint density at radius 3 is 2.72 bits per heavy atom. The summed E-state index contributed by atoms with van der Waals surface area (Å²) < 4.78 is 1.07. The van der Waals surface area contributed by atoms with E-state index in [-0.39, 0.29) is 0 Å². The van der Waals surface area contributed by atoms with E-state index in [4.69, 9.17) is 21.7 Å². The molecule has 1 aromatic heterocycles. The number of benzene rings is 2. The number of aromatic nitrogens is 1. The van der Waals surface area contributed by atoms with Crippen LogP contribution >= 0.6 is 22.9 Å². The highest BCUT2D eigenvalue weighted by Gasteiger charge is 2.25. The molecule has 0 saturated heterocycles. The molecular weight excluding hydrogens is 352 g/mol. The van der Waals surface area contributed by atoms with Gasteiger partial charge in [-0.2, -0.15) is 5.10 Å². The summed E-state index contributed by atoms with van der Waals surface area (Å²) in [4.78, 5) is 6.77.